The van der Waals surface area contributed by atoms with E-state index < -0.39 is 5.60 Å². The van der Waals surface area contributed by atoms with Crippen LogP contribution in [0.15, 0.2) is 28.7 Å². The van der Waals surface area contributed by atoms with Gasteiger partial charge < -0.3 is 19.4 Å². The van der Waals surface area contributed by atoms with Crippen molar-refractivity contribution in [1.29, 1.82) is 0 Å². The van der Waals surface area contributed by atoms with Gasteiger partial charge in [-0.25, -0.2) is 4.79 Å². The Labute approximate surface area is 135 Å². The first kappa shape index (κ1) is 15.6. The minimum Gasteiger partial charge on any atom is -0.444 e. The fourth-order valence-electron chi connectivity index (χ4n) is 2.76. The average Bonchev–Trinajstić information content (AvgIpc) is 3.09. The van der Waals surface area contributed by atoms with Gasteiger partial charge in [0, 0.05) is 13.1 Å². The van der Waals surface area contributed by atoms with E-state index in [2.05, 4.69) is 10.3 Å². The molecule has 1 saturated heterocycles. The number of hydrogen-bond acceptors (Lipinski definition) is 5. The van der Waals surface area contributed by atoms with Crippen molar-refractivity contribution in [3.63, 3.8) is 0 Å². The summed E-state index contributed by atoms with van der Waals surface area (Å²) in [5.74, 6) is 0. The maximum absolute atomic E-state index is 12.3. The van der Waals surface area contributed by atoms with Crippen molar-refractivity contribution in [3.05, 3.63) is 24.3 Å². The van der Waals surface area contributed by atoms with Gasteiger partial charge >= 0.3 is 6.09 Å². The molecule has 0 radical (unpaired) electrons. The van der Waals surface area contributed by atoms with Crippen LogP contribution in [0.5, 0.6) is 0 Å². The van der Waals surface area contributed by atoms with E-state index in [0.29, 0.717) is 12.6 Å². The molecule has 0 bridgehead atoms. The number of fused-ring (bicyclic) bond motifs is 1. The van der Waals surface area contributed by atoms with Gasteiger partial charge in [0.25, 0.3) is 6.01 Å². The van der Waals surface area contributed by atoms with E-state index >= 15 is 0 Å². The molecule has 1 unspecified atom stereocenters. The highest BCUT2D eigenvalue weighted by atomic mass is 16.6. The molecule has 1 atom stereocenters. The summed E-state index contributed by atoms with van der Waals surface area (Å²) < 4.78 is 11.1. The van der Waals surface area contributed by atoms with Crippen molar-refractivity contribution in [3.8, 4) is 0 Å². The Hall–Kier alpha value is -2.24. The second kappa shape index (κ2) is 6.10. The number of para-hydroxylation sites is 2. The molecule has 1 amide bonds. The molecular formula is C17H23N3O3. The third kappa shape index (κ3) is 3.75. The average molecular weight is 317 g/mol. The lowest BCUT2D eigenvalue weighted by Crippen LogP contribution is -2.42. The predicted molar refractivity (Wildman–Crippen MR) is 88.5 cm³/mol. The lowest BCUT2D eigenvalue weighted by atomic mass is 10.2. The molecule has 0 spiro atoms. The lowest BCUT2D eigenvalue weighted by molar-refractivity contribution is 0.0234. The van der Waals surface area contributed by atoms with Crippen molar-refractivity contribution < 1.29 is 13.9 Å². The van der Waals surface area contributed by atoms with Crippen molar-refractivity contribution in [2.24, 2.45) is 0 Å². The minimum absolute atomic E-state index is 0.0971. The number of likely N-dealkylation sites (tertiary alicyclic amines) is 1. The first-order valence-corrected chi connectivity index (χ1v) is 8.01. The maximum Gasteiger partial charge on any atom is 0.410 e. The zero-order valence-corrected chi connectivity index (χ0v) is 13.8. The van der Waals surface area contributed by atoms with Crippen LogP contribution in [-0.4, -0.2) is 40.7 Å². The fraction of sp³-hybridized carbons (Fsp3) is 0.529. The van der Waals surface area contributed by atoms with Gasteiger partial charge in [0.2, 0.25) is 0 Å². The second-order valence-electron chi connectivity index (χ2n) is 6.84. The highest BCUT2D eigenvalue weighted by Gasteiger charge is 2.32. The number of carbonyl (C=O) groups excluding carboxylic acids is 1. The molecule has 1 aliphatic heterocycles. The molecule has 1 aromatic carbocycles. The summed E-state index contributed by atoms with van der Waals surface area (Å²) in [5.41, 5.74) is 1.11. The molecule has 2 aromatic rings. The van der Waals surface area contributed by atoms with Gasteiger partial charge in [0.15, 0.2) is 5.58 Å². The smallest absolute Gasteiger partial charge is 0.410 e. The lowest BCUT2D eigenvalue weighted by Gasteiger charge is -2.28. The summed E-state index contributed by atoms with van der Waals surface area (Å²) in [6.07, 6.45) is 1.69. The number of anilines is 1. The number of benzene rings is 1. The number of carbonyl (C=O) groups is 1. The molecule has 1 fully saturated rings. The molecule has 2 heterocycles. The summed E-state index contributed by atoms with van der Waals surface area (Å²) in [6.45, 7) is 6.98. The molecule has 0 aliphatic carbocycles. The molecule has 3 rings (SSSR count). The predicted octanol–water partition coefficient (Wildman–Crippen LogP) is 3.64. The van der Waals surface area contributed by atoms with E-state index in [9.17, 15) is 4.79 Å². The van der Waals surface area contributed by atoms with Gasteiger partial charge in [0.05, 0.1) is 6.04 Å². The molecule has 6 heteroatoms. The van der Waals surface area contributed by atoms with Crippen LogP contribution in [-0.2, 0) is 4.74 Å². The third-order valence-corrected chi connectivity index (χ3v) is 3.79. The molecule has 23 heavy (non-hydrogen) atoms. The molecule has 1 aromatic heterocycles. The number of oxazole rings is 1. The highest BCUT2D eigenvalue weighted by Crippen LogP contribution is 2.22. The normalized spacial score (nSPS) is 18.4. The van der Waals surface area contributed by atoms with Gasteiger partial charge in [-0.3, -0.25) is 0 Å². The number of amides is 1. The van der Waals surface area contributed by atoms with Gasteiger partial charge in [-0.1, -0.05) is 12.1 Å². The molecular weight excluding hydrogens is 294 g/mol. The number of nitrogens with zero attached hydrogens (tertiary/aromatic N) is 2. The summed E-state index contributed by atoms with van der Waals surface area (Å²) >= 11 is 0. The Bertz CT molecular complexity index is 657. The largest absolute Gasteiger partial charge is 0.444 e. The first-order chi connectivity index (χ1) is 10.9. The van der Waals surface area contributed by atoms with Crippen LogP contribution in [0.25, 0.3) is 11.1 Å². The Kier molecular flexibility index (Phi) is 4.15. The van der Waals surface area contributed by atoms with Crippen LogP contribution < -0.4 is 5.32 Å². The van der Waals surface area contributed by atoms with E-state index in [1.165, 1.54) is 0 Å². The molecule has 6 nitrogen and oxygen atoms in total. The standard InChI is InChI=1S/C17H23N3O3/c1-17(2,3)23-16(21)20-10-6-7-12(20)11-18-15-19-13-8-4-5-9-14(13)22-15/h4-5,8-9,12H,6-7,10-11H2,1-3H3,(H,18,19). The van der Waals surface area contributed by atoms with E-state index in [0.717, 1.165) is 30.5 Å². The quantitative estimate of drug-likeness (QED) is 0.936. The van der Waals surface area contributed by atoms with Crippen molar-refractivity contribution in [2.45, 2.75) is 45.3 Å². The van der Waals surface area contributed by atoms with Crippen LogP contribution in [0.2, 0.25) is 0 Å². The molecule has 1 N–H and O–H groups in total. The van der Waals surface area contributed by atoms with E-state index in [1.54, 1.807) is 4.90 Å². The Morgan fingerprint density at radius 1 is 1.43 bits per heavy atom. The number of aromatic nitrogens is 1. The van der Waals surface area contributed by atoms with Crippen LogP contribution in [0, 0.1) is 0 Å². The highest BCUT2D eigenvalue weighted by molar-refractivity contribution is 5.74. The minimum atomic E-state index is -0.474. The van der Waals surface area contributed by atoms with Crippen molar-refractivity contribution in [1.82, 2.24) is 9.88 Å². The maximum atomic E-state index is 12.3. The zero-order chi connectivity index (χ0) is 16.4. The SMILES string of the molecule is CC(C)(C)OC(=O)N1CCCC1CNc1nc2ccccc2o1. The monoisotopic (exact) mass is 317 g/mol. The summed E-state index contributed by atoms with van der Waals surface area (Å²) in [7, 11) is 0. The van der Waals surface area contributed by atoms with Gasteiger partial charge in [-0.15, -0.1) is 0 Å². The number of rotatable bonds is 3. The van der Waals surface area contributed by atoms with Crippen molar-refractivity contribution in [2.75, 3.05) is 18.4 Å². The third-order valence-electron chi connectivity index (χ3n) is 3.79. The summed E-state index contributed by atoms with van der Waals surface area (Å²) in [5, 5.41) is 3.20. The molecule has 0 saturated carbocycles. The number of hydrogen-bond donors (Lipinski definition) is 1. The fourth-order valence-corrected chi connectivity index (χ4v) is 2.76. The molecule has 124 valence electrons. The second-order valence-corrected chi connectivity index (χ2v) is 6.84. The van der Waals surface area contributed by atoms with Crippen LogP contribution in [0.1, 0.15) is 33.6 Å². The number of nitrogens with one attached hydrogen (secondary N) is 1. The summed E-state index contributed by atoms with van der Waals surface area (Å²) in [4.78, 5) is 18.4. The van der Waals surface area contributed by atoms with Crippen molar-refractivity contribution >= 4 is 23.2 Å². The Balaban J connectivity index is 1.61. The topological polar surface area (TPSA) is 67.6 Å². The van der Waals surface area contributed by atoms with E-state index in [-0.39, 0.29) is 12.1 Å². The van der Waals surface area contributed by atoms with Crippen LogP contribution in [0.3, 0.4) is 0 Å². The van der Waals surface area contributed by atoms with E-state index in [4.69, 9.17) is 9.15 Å². The van der Waals surface area contributed by atoms with E-state index in [1.807, 2.05) is 45.0 Å². The molecule has 1 aliphatic rings. The van der Waals surface area contributed by atoms with Crippen LogP contribution in [0.4, 0.5) is 10.8 Å². The van der Waals surface area contributed by atoms with Gasteiger partial charge in [-0.2, -0.15) is 4.98 Å². The zero-order valence-electron chi connectivity index (χ0n) is 13.8. The van der Waals surface area contributed by atoms with Gasteiger partial charge in [-0.05, 0) is 45.7 Å². The van der Waals surface area contributed by atoms with Gasteiger partial charge in [0.1, 0.15) is 11.1 Å². The Morgan fingerprint density at radius 2 is 2.22 bits per heavy atom. The van der Waals surface area contributed by atoms with Crippen LogP contribution >= 0.6 is 0 Å². The summed E-state index contributed by atoms with van der Waals surface area (Å²) in [6, 6.07) is 8.22. The first-order valence-electron chi connectivity index (χ1n) is 8.01. The Morgan fingerprint density at radius 3 is 2.96 bits per heavy atom. The number of ether oxygens (including phenoxy) is 1.